The third-order valence-electron chi connectivity index (χ3n) is 5.75. The highest BCUT2D eigenvalue weighted by atomic mass is 16.5. The van der Waals surface area contributed by atoms with Crippen LogP contribution in [0.3, 0.4) is 0 Å². The number of carbonyl (C=O) groups excluding carboxylic acids is 1. The van der Waals surface area contributed by atoms with E-state index in [1.807, 2.05) is 59.2 Å². The molecular formula is C25H24N4O2. The number of hydrogen-bond donors (Lipinski definition) is 1. The van der Waals surface area contributed by atoms with Gasteiger partial charge < -0.3 is 15.0 Å². The lowest BCUT2D eigenvalue weighted by atomic mass is 10.1. The van der Waals surface area contributed by atoms with Crippen LogP contribution in [0.1, 0.15) is 17.3 Å². The molecule has 1 atom stereocenters. The number of aromatic nitrogens is 2. The standard InChI is InChI=1S/C25H24N4O2/c1-18-15-26-13-14-28(18)21-9-5-6-10-23(21)31-25-19(16-30)11-12-22-24(25)27-17-29(22)20-7-3-2-4-8-20/h2-12,16-18,26H,13-15H2,1H3. The van der Waals surface area contributed by atoms with Gasteiger partial charge >= 0.3 is 0 Å². The third-order valence-corrected chi connectivity index (χ3v) is 5.75. The van der Waals surface area contributed by atoms with E-state index < -0.39 is 0 Å². The lowest BCUT2D eigenvalue weighted by Gasteiger charge is -2.36. The zero-order valence-electron chi connectivity index (χ0n) is 17.4. The summed E-state index contributed by atoms with van der Waals surface area (Å²) in [6.45, 7) is 4.94. The zero-order chi connectivity index (χ0) is 21.2. The molecule has 4 aromatic rings. The molecule has 0 aliphatic carbocycles. The quantitative estimate of drug-likeness (QED) is 0.492. The van der Waals surface area contributed by atoms with Crippen molar-refractivity contribution in [3.05, 3.63) is 78.6 Å². The largest absolute Gasteiger partial charge is 0.452 e. The number of nitrogens with one attached hydrogen (secondary N) is 1. The Morgan fingerprint density at radius 2 is 1.87 bits per heavy atom. The van der Waals surface area contributed by atoms with Crippen LogP contribution in [0.4, 0.5) is 5.69 Å². The SMILES string of the molecule is CC1CNCCN1c1ccccc1Oc1c(C=O)ccc2c1ncn2-c1ccccc1. The fraction of sp³-hybridized carbons (Fsp3) is 0.200. The number of hydrogen-bond acceptors (Lipinski definition) is 5. The molecule has 0 saturated carbocycles. The summed E-state index contributed by atoms with van der Waals surface area (Å²) in [7, 11) is 0. The van der Waals surface area contributed by atoms with Crippen LogP contribution in [0.25, 0.3) is 16.7 Å². The Balaban J connectivity index is 1.60. The summed E-state index contributed by atoms with van der Waals surface area (Å²) >= 11 is 0. The van der Waals surface area contributed by atoms with Gasteiger partial charge in [-0.2, -0.15) is 0 Å². The summed E-state index contributed by atoms with van der Waals surface area (Å²) < 4.78 is 8.43. The topological polar surface area (TPSA) is 59.4 Å². The Bertz CT molecular complexity index is 1220. The number of imidazole rings is 1. The van der Waals surface area contributed by atoms with Crippen molar-refractivity contribution < 1.29 is 9.53 Å². The molecular weight excluding hydrogens is 388 g/mol. The highest BCUT2D eigenvalue weighted by molar-refractivity contribution is 5.93. The third kappa shape index (κ3) is 3.55. The molecule has 6 nitrogen and oxygen atoms in total. The highest BCUT2D eigenvalue weighted by Crippen LogP contribution is 2.38. The van der Waals surface area contributed by atoms with Gasteiger partial charge in [0.15, 0.2) is 17.8 Å². The molecule has 1 unspecified atom stereocenters. The summed E-state index contributed by atoms with van der Waals surface area (Å²) in [6, 6.07) is 22.0. The molecule has 0 amide bonds. The first-order valence-electron chi connectivity index (χ1n) is 10.5. The van der Waals surface area contributed by atoms with E-state index in [4.69, 9.17) is 4.74 Å². The number of nitrogens with zero attached hydrogens (tertiary/aromatic N) is 3. The number of para-hydroxylation sites is 3. The number of piperazine rings is 1. The first kappa shape index (κ1) is 19.3. The van der Waals surface area contributed by atoms with Gasteiger partial charge in [-0.05, 0) is 43.3 Å². The molecule has 0 radical (unpaired) electrons. The van der Waals surface area contributed by atoms with Gasteiger partial charge in [-0.25, -0.2) is 4.98 Å². The fourth-order valence-corrected chi connectivity index (χ4v) is 4.16. The molecule has 1 aliphatic heterocycles. The molecule has 156 valence electrons. The zero-order valence-corrected chi connectivity index (χ0v) is 17.4. The van der Waals surface area contributed by atoms with E-state index in [2.05, 4.69) is 28.2 Å². The smallest absolute Gasteiger partial charge is 0.165 e. The van der Waals surface area contributed by atoms with Crippen LogP contribution in [0.5, 0.6) is 11.5 Å². The van der Waals surface area contributed by atoms with Gasteiger partial charge in [0.1, 0.15) is 11.8 Å². The molecule has 0 bridgehead atoms. The first-order chi connectivity index (χ1) is 15.3. The second kappa shape index (κ2) is 8.24. The number of anilines is 1. The van der Waals surface area contributed by atoms with Gasteiger partial charge in [0, 0.05) is 31.4 Å². The minimum atomic E-state index is 0.345. The maximum Gasteiger partial charge on any atom is 0.165 e. The fourth-order valence-electron chi connectivity index (χ4n) is 4.16. The predicted molar refractivity (Wildman–Crippen MR) is 123 cm³/mol. The Morgan fingerprint density at radius 3 is 2.68 bits per heavy atom. The monoisotopic (exact) mass is 412 g/mol. The van der Waals surface area contributed by atoms with E-state index >= 15 is 0 Å². The average molecular weight is 412 g/mol. The first-order valence-corrected chi connectivity index (χ1v) is 10.5. The second-order valence-corrected chi connectivity index (χ2v) is 7.74. The van der Waals surface area contributed by atoms with Crippen molar-refractivity contribution in [2.45, 2.75) is 13.0 Å². The summed E-state index contributed by atoms with van der Waals surface area (Å²) in [5.41, 5.74) is 4.06. The van der Waals surface area contributed by atoms with Crippen molar-refractivity contribution in [2.75, 3.05) is 24.5 Å². The number of aldehydes is 1. The van der Waals surface area contributed by atoms with Gasteiger partial charge in [-0.15, -0.1) is 0 Å². The lowest BCUT2D eigenvalue weighted by molar-refractivity contribution is 0.112. The van der Waals surface area contributed by atoms with Crippen LogP contribution < -0.4 is 15.0 Å². The van der Waals surface area contributed by atoms with Gasteiger partial charge in [-0.1, -0.05) is 30.3 Å². The second-order valence-electron chi connectivity index (χ2n) is 7.74. The van der Waals surface area contributed by atoms with E-state index in [9.17, 15) is 4.79 Å². The Hall–Kier alpha value is -3.64. The number of ether oxygens (including phenoxy) is 1. The van der Waals surface area contributed by atoms with Crippen molar-refractivity contribution in [2.24, 2.45) is 0 Å². The molecule has 1 aliphatic rings. The Morgan fingerprint density at radius 1 is 1.06 bits per heavy atom. The molecule has 6 heteroatoms. The molecule has 1 aromatic heterocycles. The van der Waals surface area contributed by atoms with E-state index in [1.54, 1.807) is 12.4 Å². The molecule has 5 rings (SSSR count). The molecule has 31 heavy (non-hydrogen) atoms. The van der Waals surface area contributed by atoms with Crippen molar-refractivity contribution in [1.82, 2.24) is 14.9 Å². The number of carbonyl (C=O) groups is 1. The number of fused-ring (bicyclic) bond motifs is 1. The van der Waals surface area contributed by atoms with Gasteiger partial charge in [0.05, 0.1) is 16.8 Å². The molecule has 0 spiro atoms. The minimum absolute atomic E-state index is 0.345. The predicted octanol–water partition coefficient (Wildman–Crippen LogP) is 4.43. The van der Waals surface area contributed by atoms with Crippen LogP contribution in [0, 0.1) is 0 Å². The van der Waals surface area contributed by atoms with E-state index in [0.717, 1.165) is 48.6 Å². The van der Waals surface area contributed by atoms with E-state index in [-0.39, 0.29) is 0 Å². The number of rotatable bonds is 5. The molecule has 1 saturated heterocycles. The normalized spacial score (nSPS) is 16.4. The molecule has 3 aromatic carbocycles. The minimum Gasteiger partial charge on any atom is -0.452 e. The number of benzene rings is 3. The maximum atomic E-state index is 11.8. The van der Waals surface area contributed by atoms with Crippen LogP contribution >= 0.6 is 0 Å². The van der Waals surface area contributed by atoms with Crippen LogP contribution in [-0.2, 0) is 0 Å². The Kier molecular flexibility index (Phi) is 5.14. The van der Waals surface area contributed by atoms with Crippen molar-refractivity contribution in [3.63, 3.8) is 0 Å². The van der Waals surface area contributed by atoms with Crippen LogP contribution in [-0.4, -0.2) is 41.5 Å². The summed E-state index contributed by atoms with van der Waals surface area (Å²) in [5, 5.41) is 3.42. The summed E-state index contributed by atoms with van der Waals surface area (Å²) in [6.07, 6.45) is 2.60. The molecule has 2 heterocycles. The van der Waals surface area contributed by atoms with Crippen molar-refractivity contribution in [3.8, 4) is 17.2 Å². The molecule has 1 N–H and O–H groups in total. The van der Waals surface area contributed by atoms with E-state index in [1.165, 1.54) is 0 Å². The van der Waals surface area contributed by atoms with Gasteiger partial charge in [0.2, 0.25) is 0 Å². The maximum absolute atomic E-state index is 11.8. The van der Waals surface area contributed by atoms with Gasteiger partial charge in [0.25, 0.3) is 0 Å². The van der Waals surface area contributed by atoms with Crippen LogP contribution in [0.2, 0.25) is 0 Å². The Labute approximate surface area is 181 Å². The van der Waals surface area contributed by atoms with Gasteiger partial charge in [-0.3, -0.25) is 9.36 Å². The highest BCUT2D eigenvalue weighted by Gasteiger charge is 2.23. The molecule has 1 fully saturated rings. The summed E-state index contributed by atoms with van der Waals surface area (Å²) in [5.74, 6) is 1.21. The summed E-state index contributed by atoms with van der Waals surface area (Å²) in [4.78, 5) is 18.8. The van der Waals surface area contributed by atoms with Crippen LogP contribution in [0.15, 0.2) is 73.1 Å². The van der Waals surface area contributed by atoms with E-state index in [0.29, 0.717) is 22.9 Å². The van der Waals surface area contributed by atoms with Crippen molar-refractivity contribution in [1.29, 1.82) is 0 Å². The lowest BCUT2D eigenvalue weighted by Crippen LogP contribution is -2.50. The average Bonchev–Trinajstić information content (AvgIpc) is 3.25. The van der Waals surface area contributed by atoms with Crippen molar-refractivity contribution >= 4 is 23.0 Å².